The molecule has 31 heavy (non-hydrogen) atoms. The van der Waals surface area contributed by atoms with Crippen LogP contribution >= 0.6 is 0 Å². The molecule has 0 aromatic heterocycles. The van der Waals surface area contributed by atoms with Crippen molar-refractivity contribution in [1.29, 1.82) is 0 Å². The lowest BCUT2D eigenvalue weighted by Crippen LogP contribution is -2.45. The molecule has 0 bridgehead atoms. The van der Waals surface area contributed by atoms with Gasteiger partial charge in [0.05, 0.1) is 10.6 Å². The number of benzene rings is 3. The molecule has 1 aliphatic heterocycles. The molecular formula is C25H26N2O3S. The summed E-state index contributed by atoms with van der Waals surface area (Å²) in [6, 6.07) is 21.7. The molecule has 0 fully saturated rings. The van der Waals surface area contributed by atoms with E-state index in [4.69, 9.17) is 0 Å². The summed E-state index contributed by atoms with van der Waals surface area (Å²) in [5.41, 5.74) is 4.42. The Labute approximate surface area is 184 Å². The SMILES string of the molecule is Cc1ccc(N(CC(=O)N2c3ccccc3C[C@@H]2C)S(=O)(=O)c2ccc(C)cc2)cc1. The second-order valence-corrected chi connectivity index (χ2v) is 9.97. The molecule has 5 nitrogen and oxygen atoms in total. The van der Waals surface area contributed by atoms with Crippen LogP contribution in [0.2, 0.25) is 0 Å². The fourth-order valence-corrected chi connectivity index (χ4v) is 5.42. The van der Waals surface area contributed by atoms with Gasteiger partial charge in [0.25, 0.3) is 10.0 Å². The second kappa shape index (κ2) is 8.19. The van der Waals surface area contributed by atoms with E-state index in [0.29, 0.717) is 5.69 Å². The molecule has 0 saturated heterocycles. The number of hydrogen-bond acceptors (Lipinski definition) is 3. The Kier molecular flexibility index (Phi) is 5.58. The number of aryl methyl sites for hydroxylation is 2. The Morgan fingerprint density at radius 2 is 1.52 bits per heavy atom. The lowest BCUT2D eigenvalue weighted by molar-refractivity contribution is -0.117. The van der Waals surface area contributed by atoms with Crippen molar-refractivity contribution in [2.75, 3.05) is 15.7 Å². The van der Waals surface area contributed by atoms with E-state index in [1.165, 1.54) is 4.31 Å². The van der Waals surface area contributed by atoms with Gasteiger partial charge in [-0.15, -0.1) is 0 Å². The van der Waals surface area contributed by atoms with E-state index in [9.17, 15) is 13.2 Å². The van der Waals surface area contributed by atoms with Crippen LogP contribution in [0.3, 0.4) is 0 Å². The van der Waals surface area contributed by atoms with Crippen LogP contribution in [-0.4, -0.2) is 26.9 Å². The van der Waals surface area contributed by atoms with Crippen molar-refractivity contribution in [2.45, 2.75) is 38.1 Å². The smallest absolute Gasteiger partial charge is 0.264 e. The zero-order valence-corrected chi connectivity index (χ0v) is 18.8. The predicted octanol–water partition coefficient (Wildman–Crippen LogP) is 4.48. The average molecular weight is 435 g/mol. The highest BCUT2D eigenvalue weighted by Gasteiger charge is 2.34. The molecule has 0 radical (unpaired) electrons. The number of nitrogens with zero attached hydrogens (tertiary/aromatic N) is 2. The zero-order chi connectivity index (χ0) is 22.2. The summed E-state index contributed by atoms with van der Waals surface area (Å²) in [6.45, 7) is 5.57. The standard InChI is InChI=1S/C25H26N2O3S/c1-18-8-12-22(13-9-18)26(31(29,30)23-14-10-19(2)11-15-23)17-25(28)27-20(3)16-21-6-4-5-7-24(21)27/h4-15,20H,16-17H2,1-3H3/t20-/m0/s1. The van der Waals surface area contributed by atoms with E-state index in [-0.39, 0.29) is 23.4 Å². The average Bonchev–Trinajstić information content (AvgIpc) is 3.08. The van der Waals surface area contributed by atoms with Gasteiger partial charge in [0.2, 0.25) is 5.91 Å². The minimum atomic E-state index is -3.92. The third kappa shape index (κ3) is 4.08. The van der Waals surface area contributed by atoms with Crippen LogP contribution < -0.4 is 9.21 Å². The Morgan fingerprint density at radius 3 is 2.16 bits per heavy atom. The molecule has 0 saturated carbocycles. The summed E-state index contributed by atoms with van der Waals surface area (Å²) in [5, 5.41) is 0. The maximum absolute atomic E-state index is 13.6. The lowest BCUT2D eigenvalue weighted by atomic mass is 10.1. The summed E-state index contributed by atoms with van der Waals surface area (Å²) >= 11 is 0. The molecule has 4 rings (SSSR count). The van der Waals surface area contributed by atoms with Crippen LogP contribution in [-0.2, 0) is 21.2 Å². The van der Waals surface area contributed by atoms with Crippen LogP contribution in [0.25, 0.3) is 0 Å². The van der Waals surface area contributed by atoms with Gasteiger partial charge in [-0.3, -0.25) is 9.10 Å². The first-order chi connectivity index (χ1) is 14.8. The van der Waals surface area contributed by atoms with Crippen molar-refractivity contribution < 1.29 is 13.2 Å². The first-order valence-electron chi connectivity index (χ1n) is 10.3. The van der Waals surface area contributed by atoms with Gasteiger partial charge in [0, 0.05) is 11.7 Å². The van der Waals surface area contributed by atoms with Gasteiger partial charge < -0.3 is 4.90 Å². The number of carbonyl (C=O) groups excluding carboxylic acids is 1. The fourth-order valence-electron chi connectivity index (χ4n) is 4.01. The molecule has 0 aliphatic carbocycles. The van der Waals surface area contributed by atoms with Crippen molar-refractivity contribution in [3.05, 3.63) is 89.5 Å². The minimum absolute atomic E-state index is 0.0214. The number of anilines is 2. The lowest BCUT2D eigenvalue weighted by Gasteiger charge is -2.29. The molecule has 6 heteroatoms. The highest BCUT2D eigenvalue weighted by Crippen LogP contribution is 2.33. The molecular weight excluding hydrogens is 408 g/mol. The maximum Gasteiger partial charge on any atom is 0.264 e. The number of sulfonamides is 1. The first-order valence-corrected chi connectivity index (χ1v) is 11.8. The van der Waals surface area contributed by atoms with Gasteiger partial charge in [-0.05, 0) is 63.1 Å². The van der Waals surface area contributed by atoms with E-state index in [1.807, 2.05) is 57.2 Å². The Morgan fingerprint density at radius 1 is 0.935 bits per heavy atom. The van der Waals surface area contributed by atoms with E-state index >= 15 is 0 Å². The van der Waals surface area contributed by atoms with Crippen LogP contribution in [0.4, 0.5) is 11.4 Å². The number of carbonyl (C=O) groups is 1. The fraction of sp³-hybridized carbons (Fsp3) is 0.240. The molecule has 1 heterocycles. The topological polar surface area (TPSA) is 57.7 Å². The summed E-state index contributed by atoms with van der Waals surface area (Å²) in [7, 11) is -3.92. The molecule has 1 atom stereocenters. The first kappa shape index (κ1) is 21.1. The number of hydrogen-bond donors (Lipinski definition) is 0. The summed E-state index contributed by atoms with van der Waals surface area (Å²) in [4.78, 5) is 15.3. The number of amides is 1. The minimum Gasteiger partial charge on any atom is -0.307 e. The summed E-state index contributed by atoms with van der Waals surface area (Å²) in [5.74, 6) is -0.242. The normalized spacial score (nSPS) is 15.6. The van der Waals surface area contributed by atoms with Crippen molar-refractivity contribution in [3.63, 3.8) is 0 Å². The van der Waals surface area contributed by atoms with Crippen molar-refractivity contribution in [3.8, 4) is 0 Å². The van der Waals surface area contributed by atoms with Crippen molar-refractivity contribution >= 4 is 27.3 Å². The molecule has 0 unspecified atom stereocenters. The number of fused-ring (bicyclic) bond motifs is 1. The van der Waals surface area contributed by atoms with E-state index in [0.717, 1.165) is 28.8 Å². The van der Waals surface area contributed by atoms with E-state index in [1.54, 1.807) is 41.3 Å². The number of para-hydroxylation sites is 1. The molecule has 0 N–H and O–H groups in total. The van der Waals surface area contributed by atoms with Crippen LogP contribution in [0.1, 0.15) is 23.6 Å². The maximum atomic E-state index is 13.6. The second-order valence-electron chi connectivity index (χ2n) is 8.11. The Hall–Kier alpha value is -3.12. The Balaban J connectivity index is 1.72. The summed E-state index contributed by atoms with van der Waals surface area (Å²) < 4.78 is 28.3. The van der Waals surface area contributed by atoms with Crippen LogP contribution in [0.15, 0.2) is 77.7 Å². The number of rotatable bonds is 5. The molecule has 160 valence electrons. The van der Waals surface area contributed by atoms with Crippen LogP contribution in [0, 0.1) is 13.8 Å². The predicted molar refractivity (Wildman–Crippen MR) is 124 cm³/mol. The monoisotopic (exact) mass is 434 g/mol. The Bertz CT molecular complexity index is 1200. The van der Waals surface area contributed by atoms with Gasteiger partial charge >= 0.3 is 0 Å². The highest BCUT2D eigenvalue weighted by molar-refractivity contribution is 7.92. The summed E-state index contributed by atoms with van der Waals surface area (Å²) in [6.07, 6.45) is 0.761. The van der Waals surface area contributed by atoms with Crippen molar-refractivity contribution in [1.82, 2.24) is 0 Å². The van der Waals surface area contributed by atoms with Gasteiger partial charge in [-0.2, -0.15) is 0 Å². The third-order valence-electron chi connectivity index (χ3n) is 5.69. The quantitative estimate of drug-likeness (QED) is 0.595. The van der Waals surface area contributed by atoms with E-state index in [2.05, 4.69) is 0 Å². The third-order valence-corrected chi connectivity index (χ3v) is 7.47. The van der Waals surface area contributed by atoms with Gasteiger partial charge in [0.15, 0.2) is 0 Å². The van der Waals surface area contributed by atoms with Gasteiger partial charge in [-0.1, -0.05) is 53.6 Å². The van der Waals surface area contributed by atoms with Crippen molar-refractivity contribution in [2.24, 2.45) is 0 Å². The molecule has 1 amide bonds. The molecule has 1 aliphatic rings. The van der Waals surface area contributed by atoms with Gasteiger partial charge in [-0.25, -0.2) is 8.42 Å². The zero-order valence-electron chi connectivity index (χ0n) is 17.9. The molecule has 0 spiro atoms. The molecule has 3 aromatic carbocycles. The molecule has 3 aromatic rings. The highest BCUT2D eigenvalue weighted by atomic mass is 32.2. The van der Waals surface area contributed by atoms with Gasteiger partial charge in [0.1, 0.15) is 6.54 Å². The largest absolute Gasteiger partial charge is 0.307 e. The van der Waals surface area contributed by atoms with Crippen LogP contribution in [0.5, 0.6) is 0 Å². The van der Waals surface area contributed by atoms with E-state index < -0.39 is 10.0 Å².